The number of nitrogen functional groups attached to an aromatic ring is 1. The van der Waals surface area contributed by atoms with E-state index in [-0.39, 0.29) is 0 Å². The fourth-order valence-electron chi connectivity index (χ4n) is 1.14. The molecule has 0 atom stereocenters. The molecule has 0 amide bonds. The van der Waals surface area contributed by atoms with Gasteiger partial charge in [0, 0.05) is 6.07 Å². The minimum Gasteiger partial charge on any atom is -0.495 e. The maximum atomic E-state index is 5.79. The number of nitrogens with zero attached hydrogens (tertiary/aromatic N) is 3. The van der Waals surface area contributed by atoms with Crippen LogP contribution in [-0.4, -0.2) is 21.9 Å². The van der Waals surface area contributed by atoms with Crippen molar-refractivity contribution in [3.8, 4) is 11.4 Å². The van der Waals surface area contributed by atoms with Gasteiger partial charge in [-0.1, -0.05) is 11.6 Å². The molecule has 2 aromatic rings. The van der Waals surface area contributed by atoms with E-state index in [0.717, 1.165) is 5.69 Å². The van der Waals surface area contributed by atoms with Crippen molar-refractivity contribution in [3.05, 3.63) is 29.7 Å². The fourth-order valence-corrected chi connectivity index (χ4v) is 1.27. The SMILES string of the molecule is COc1cncc(-n2cc(Cl)c(N)n2)c1. The summed E-state index contributed by atoms with van der Waals surface area (Å²) in [6.07, 6.45) is 4.87. The number of methoxy groups -OCH3 is 1. The normalized spacial score (nSPS) is 10.3. The summed E-state index contributed by atoms with van der Waals surface area (Å²) in [6.45, 7) is 0. The van der Waals surface area contributed by atoms with Crippen molar-refractivity contribution < 1.29 is 4.74 Å². The van der Waals surface area contributed by atoms with Crippen molar-refractivity contribution >= 4 is 17.4 Å². The van der Waals surface area contributed by atoms with Crippen molar-refractivity contribution in [2.45, 2.75) is 0 Å². The van der Waals surface area contributed by atoms with Gasteiger partial charge in [-0.25, -0.2) is 4.68 Å². The Labute approximate surface area is 91.4 Å². The van der Waals surface area contributed by atoms with Crippen LogP contribution in [0.4, 0.5) is 5.82 Å². The molecular formula is C9H9ClN4O. The molecule has 0 aromatic carbocycles. The van der Waals surface area contributed by atoms with E-state index in [1.165, 1.54) is 0 Å². The monoisotopic (exact) mass is 224 g/mol. The fraction of sp³-hybridized carbons (Fsp3) is 0.111. The first-order valence-corrected chi connectivity index (χ1v) is 4.58. The van der Waals surface area contributed by atoms with Crippen LogP contribution in [-0.2, 0) is 0 Å². The van der Waals surface area contributed by atoms with Crippen LogP contribution in [0.2, 0.25) is 5.02 Å². The number of ether oxygens (including phenoxy) is 1. The predicted octanol–water partition coefficient (Wildman–Crippen LogP) is 1.51. The zero-order chi connectivity index (χ0) is 10.8. The van der Waals surface area contributed by atoms with Crippen LogP contribution >= 0.6 is 11.6 Å². The smallest absolute Gasteiger partial charge is 0.164 e. The Hall–Kier alpha value is -1.75. The minimum atomic E-state index is 0.291. The summed E-state index contributed by atoms with van der Waals surface area (Å²) in [4.78, 5) is 4.00. The van der Waals surface area contributed by atoms with Gasteiger partial charge in [0.05, 0.1) is 31.4 Å². The number of nitrogens with two attached hydrogens (primary N) is 1. The van der Waals surface area contributed by atoms with Gasteiger partial charge in [-0.2, -0.15) is 0 Å². The number of anilines is 1. The summed E-state index contributed by atoms with van der Waals surface area (Å²) in [5.41, 5.74) is 6.28. The van der Waals surface area contributed by atoms with Gasteiger partial charge >= 0.3 is 0 Å². The summed E-state index contributed by atoms with van der Waals surface area (Å²) < 4.78 is 6.59. The lowest BCUT2D eigenvalue weighted by atomic mass is 10.4. The molecule has 0 bridgehead atoms. The standard InChI is InChI=1S/C9H9ClN4O/c1-15-7-2-6(3-12-4-7)14-5-8(10)9(11)13-14/h2-5H,1H3,(H2,11,13). The average molecular weight is 225 g/mol. The second-order valence-electron chi connectivity index (χ2n) is 2.89. The Bertz CT molecular complexity index is 463. The van der Waals surface area contributed by atoms with Gasteiger partial charge in [0.25, 0.3) is 0 Å². The topological polar surface area (TPSA) is 66.0 Å². The Morgan fingerprint density at radius 2 is 2.27 bits per heavy atom. The molecule has 5 nitrogen and oxygen atoms in total. The summed E-state index contributed by atoms with van der Waals surface area (Å²) in [6, 6.07) is 1.79. The van der Waals surface area contributed by atoms with E-state index in [1.54, 1.807) is 36.4 Å². The van der Waals surface area contributed by atoms with Crippen LogP contribution in [0.15, 0.2) is 24.7 Å². The van der Waals surface area contributed by atoms with Crippen LogP contribution in [0, 0.1) is 0 Å². The Kier molecular flexibility index (Phi) is 2.47. The third kappa shape index (κ3) is 1.87. The number of hydrogen-bond donors (Lipinski definition) is 1. The van der Waals surface area contributed by atoms with Crippen LogP contribution in [0.25, 0.3) is 5.69 Å². The predicted molar refractivity (Wildman–Crippen MR) is 57.3 cm³/mol. The van der Waals surface area contributed by atoms with E-state index in [1.807, 2.05) is 0 Å². The molecule has 0 aliphatic heterocycles. The first-order valence-electron chi connectivity index (χ1n) is 4.21. The van der Waals surface area contributed by atoms with Gasteiger partial charge in [0.1, 0.15) is 10.8 Å². The lowest BCUT2D eigenvalue weighted by molar-refractivity contribution is 0.412. The maximum absolute atomic E-state index is 5.79. The molecule has 0 saturated heterocycles. The molecule has 0 fully saturated rings. The van der Waals surface area contributed by atoms with Crippen molar-refractivity contribution in [3.63, 3.8) is 0 Å². The molecule has 6 heteroatoms. The highest BCUT2D eigenvalue weighted by atomic mass is 35.5. The molecular weight excluding hydrogens is 216 g/mol. The van der Waals surface area contributed by atoms with Crippen LogP contribution in [0.3, 0.4) is 0 Å². The van der Waals surface area contributed by atoms with Gasteiger partial charge in [-0.3, -0.25) is 4.98 Å². The zero-order valence-electron chi connectivity index (χ0n) is 8.01. The van der Waals surface area contributed by atoms with Gasteiger partial charge in [0.2, 0.25) is 0 Å². The first kappa shape index (κ1) is 9.79. The summed E-state index contributed by atoms with van der Waals surface area (Å²) in [5.74, 6) is 0.942. The molecule has 2 rings (SSSR count). The number of pyridine rings is 1. The molecule has 0 aliphatic rings. The molecule has 15 heavy (non-hydrogen) atoms. The second kappa shape index (κ2) is 3.78. The van der Waals surface area contributed by atoms with E-state index in [4.69, 9.17) is 22.1 Å². The third-order valence-electron chi connectivity index (χ3n) is 1.89. The number of halogens is 1. The van der Waals surface area contributed by atoms with Gasteiger partial charge < -0.3 is 10.5 Å². The quantitative estimate of drug-likeness (QED) is 0.840. The van der Waals surface area contributed by atoms with E-state index in [2.05, 4.69) is 10.1 Å². The highest BCUT2D eigenvalue weighted by Crippen LogP contribution is 2.20. The zero-order valence-corrected chi connectivity index (χ0v) is 8.77. The van der Waals surface area contributed by atoms with E-state index in [0.29, 0.717) is 16.6 Å². The van der Waals surface area contributed by atoms with Gasteiger partial charge in [-0.15, -0.1) is 5.10 Å². The largest absolute Gasteiger partial charge is 0.495 e. The molecule has 0 unspecified atom stereocenters. The molecule has 0 saturated carbocycles. The molecule has 2 aromatic heterocycles. The van der Waals surface area contributed by atoms with Crippen LogP contribution in [0.1, 0.15) is 0 Å². The maximum Gasteiger partial charge on any atom is 0.164 e. The molecule has 2 N–H and O–H groups in total. The van der Waals surface area contributed by atoms with Crippen molar-refractivity contribution in [2.24, 2.45) is 0 Å². The molecule has 0 radical (unpaired) electrons. The van der Waals surface area contributed by atoms with Crippen LogP contribution < -0.4 is 10.5 Å². The second-order valence-corrected chi connectivity index (χ2v) is 3.30. The highest BCUT2D eigenvalue weighted by molar-refractivity contribution is 6.32. The number of aromatic nitrogens is 3. The van der Waals surface area contributed by atoms with Gasteiger partial charge in [0.15, 0.2) is 5.82 Å². The average Bonchev–Trinajstić information content (AvgIpc) is 2.59. The summed E-state index contributed by atoms with van der Waals surface area (Å²) in [5, 5.41) is 4.44. The van der Waals surface area contributed by atoms with Crippen molar-refractivity contribution in [2.75, 3.05) is 12.8 Å². The molecule has 2 heterocycles. The summed E-state index contributed by atoms with van der Waals surface area (Å²) in [7, 11) is 1.57. The lowest BCUT2D eigenvalue weighted by Crippen LogP contribution is -1.97. The number of rotatable bonds is 2. The molecule has 78 valence electrons. The number of hydrogen-bond acceptors (Lipinski definition) is 4. The van der Waals surface area contributed by atoms with Crippen molar-refractivity contribution in [1.82, 2.24) is 14.8 Å². The molecule has 0 aliphatic carbocycles. The summed E-state index contributed by atoms with van der Waals surface area (Å²) >= 11 is 5.79. The Balaban J connectivity index is 2.44. The lowest BCUT2D eigenvalue weighted by Gasteiger charge is -2.02. The van der Waals surface area contributed by atoms with E-state index >= 15 is 0 Å². The third-order valence-corrected chi connectivity index (χ3v) is 2.19. The highest BCUT2D eigenvalue weighted by Gasteiger charge is 2.05. The Morgan fingerprint density at radius 3 is 2.87 bits per heavy atom. The first-order chi connectivity index (χ1) is 7.20. The molecule has 0 spiro atoms. The van der Waals surface area contributed by atoms with Gasteiger partial charge in [-0.05, 0) is 0 Å². The van der Waals surface area contributed by atoms with Crippen molar-refractivity contribution in [1.29, 1.82) is 0 Å². The van der Waals surface area contributed by atoms with E-state index in [9.17, 15) is 0 Å². The minimum absolute atomic E-state index is 0.291. The van der Waals surface area contributed by atoms with E-state index < -0.39 is 0 Å². The van der Waals surface area contributed by atoms with Crippen LogP contribution in [0.5, 0.6) is 5.75 Å². The Morgan fingerprint density at radius 1 is 1.47 bits per heavy atom.